The first kappa shape index (κ1) is 18.6. The van der Waals surface area contributed by atoms with Gasteiger partial charge in [0.25, 0.3) is 0 Å². The van der Waals surface area contributed by atoms with Crippen LogP contribution >= 0.6 is 0 Å². The zero-order chi connectivity index (χ0) is 21.0. The summed E-state index contributed by atoms with van der Waals surface area (Å²) >= 11 is 0. The molecule has 2 heterocycles. The molecule has 3 aromatic carbocycles. The van der Waals surface area contributed by atoms with E-state index < -0.39 is 0 Å². The van der Waals surface area contributed by atoms with Gasteiger partial charge in [-0.2, -0.15) is 4.58 Å². The van der Waals surface area contributed by atoms with Crippen molar-refractivity contribution in [1.29, 1.82) is 0 Å². The molecule has 0 unspecified atom stereocenters. The average molecular weight is 398 g/mol. The van der Waals surface area contributed by atoms with E-state index in [-0.39, 0.29) is 5.97 Å². The second-order valence-electron chi connectivity index (χ2n) is 7.76. The molecule has 0 amide bonds. The number of fused-ring (bicyclic) bond motifs is 2. The molecule has 150 valence electrons. The Labute approximate surface area is 175 Å². The van der Waals surface area contributed by atoms with Crippen LogP contribution in [-0.4, -0.2) is 19.1 Å². The highest BCUT2D eigenvalue weighted by Gasteiger charge is 2.30. The third-order valence-corrected chi connectivity index (χ3v) is 5.94. The van der Waals surface area contributed by atoms with E-state index in [2.05, 4.69) is 49.6 Å². The molecule has 0 spiro atoms. The summed E-state index contributed by atoms with van der Waals surface area (Å²) in [6.45, 7) is 9.48. The lowest BCUT2D eigenvalue weighted by atomic mass is 9.87. The molecule has 2 aliphatic rings. The van der Waals surface area contributed by atoms with Gasteiger partial charge in [0.15, 0.2) is 0 Å². The smallest absolute Gasteiger partial charge is 0.338 e. The van der Waals surface area contributed by atoms with Crippen LogP contribution in [-0.2, 0) is 4.74 Å². The summed E-state index contributed by atoms with van der Waals surface area (Å²) in [5, 5.41) is 2.16. The van der Waals surface area contributed by atoms with Gasteiger partial charge in [0.1, 0.15) is 18.0 Å². The minimum absolute atomic E-state index is 0.305. The average Bonchev–Trinajstić information content (AvgIpc) is 2.73. The van der Waals surface area contributed by atoms with Crippen molar-refractivity contribution in [3.05, 3.63) is 86.9 Å². The molecule has 4 bridgehead atoms. The van der Waals surface area contributed by atoms with Crippen molar-refractivity contribution >= 4 is 17.2 Å². The van der Waals surface area contributed by atoms with E-state index in [1.807, 2.05) is 31.2 Å². The molecule has 3 aromatic rings. The summed E-state index contributed by atoms with van der Waals surface area (Å²) in [6, 6.07) is 16.3. The lowest BCUT2D eigenvalue weighted by molar-refractivity contribution is 0.0526. The van der Waals surface area contributed by atoms with Crippen LogP contribution in [0.1, 0.15) is 46.5 Å². The molecular weight excluding hydrogens is 374 g/mol. The molecule has 0 aromatic heterocycles. The number of rotatable bonds is 4. The van der Waals surface area contributed by atoms with E-state index in [0.717, 1.165) is 51.0 Å². The van der Waals surface area contributed by atoms with Gasteiger partial charge in [-0.3, -0.25) is 0 Å². The molecule has 4 heteroatoms. The van der Waals surface area contributed by atoms with E-state index in [0.29, 0.717) is 12.2 Å². The van der Waals surface area contributed by atoms with Gasteiger partial charge in [-0.05, 0) is 51.5 Å². The lowest BCUT2D eigenvalue weighted by Crippen LogP contribution is -2.33. The largest absolute Gasteiger partial charge is 0.462 e. The van der Waals surface area contributed by atoms with Crippen molar-refractivity contribution in [3.63, 3.8) is 0 Å². The standard InChI is InChI=1S/C26H24NO3/c1-5-27-21-13-23-19(11-15(21)3)25(20-12-16(4)22(27)14-24(20)30-23)17-9-7-8-10-18(17)26(28)29-6-2/h7-14H,5-6H2,1-4H3/q+1. The molecule has 4 nitrogen and oxygen atoms in total. The van der Waals surface area contributed by atoms with E-state index in [1.165, 1.54) is 11.1 Å². The van der Waals surface area contributed by atoms with Crippen molar-refractivity contribution in [2.24, 2.45) is 0 Å². The summed E-state index contributed by atoms with van der Waals surface area (Å²) in [5.74, 6) is 1.34. The van der Waals surface area contributed by atoms with Crippen molar-refractivity contribution in [1.82, 2.24) is 4.58 Å². The van der Waals surface area contributed by atoms with Crippen molar-refractivity contribution in [2.45, 2.75) is 27.7 Å². The maximum atomic E-state index is 12.7. The third-order valence-electron chi connectivity index (χ3n) is 5.94. The van der Waals surface area contributed by atoms with E-state index in [4.69, 9.17) is 9.47 Å². The van der Waals surface area contributed by atoms with Crippen molar-refractivity contribution in [3.8, 4) is 11.5 Å². The third kappa shape index (κ3) is 2.60. The Balaban J connectivity index is 1.96. The minimum atomic E-state index is -0.305. The number of hydrogen-bond donors (Lipinski definition) is 0. The van der Waals surface area contributed by atoms with E-state index in [1.54, 1.807) is 0 Å². The molecule has 5 rings (SSSR count). The first-order valence-corrected chi connectivity index (χ1v) is 10.4. The maximum absolute atomic E-state index is 12.7. The number of nitrogens with zero attached hydrogens (tertiary/aromatic N) is 1. The molecule has 0 saturated carbocycles. The Morgan fingerprint density at radius 3 is 2.53 bits per heavy atom. The Kier molecular flexibility index (Phi) is 4.24. The van der Waals surface area contributed by atoms with Crippen LogP contribution in [0.3, 0.4) is 0 Å². The van der Waals surface area contributed by atoms with Gasteiger partial charge >= 0.3 is 5.97 Å². The fourth-order valence-electron chi connectivity index (χ4n) is 4.61. The van der Waals surface area contributed by atoms with Gasteiger partial charge < -0.3 is 9.47 Å². The fraction of sp³-hybridized carbons (Fsp3) is 0.231. The predicted molar refractivity (Wildman–Crippen MR) is 117 cm³/mol. The van der Waals surface area contributed by atoms with Gasteiger partial charge in [0.05, 0.1) is 24.3 Å². The topological polar surface area (TPSA) is 38.5 Å². The highest BCUT2D eigenvalue weighted by Crippen LogP contribution is 2.41. The second-order valence-corrected chi connectivity index (χ2v) is 7.76. The Morgan fingerprint density at radius 2 is 1.77 bits per heavy atom. The predicted octanol–water partition coefficient (Wildman–Crippen LogP) is 3.99. The molecule has 0 atom stereocenters. The molecular formula is C26H24NO3+. The van der Waals surface area contributed by atoms with Gasteiger partial charge in [-0.15, -0.1) is 0 Å². The van der Waals surface area contributed by atoms with Crippen molar-refractivity contribution in [2.75, 3.05) is 13.2 Å². The molecule has 30 heavy (non-hydrogen) atoms. The quantitative estimate of drug-likeness (QED) is 0.385. The molecule has 2 aliphatic heterocycles. The van der Waals surface area contributed by atoms with Gasteiger partial charge in [0.2, 0.25) is 11.0 Å². The first-order chi connectivity index (χ1) is 14.5. The van der Waals surface area contributed by atoms with Gasteiger partial charge in [-0.25, -0.2) is 4.79 Å². The second kappa shape index (κ2) is 6.84. The highest BCUT2D eigenvalue weighted by atomic mass is 16.5. The van der Waals surface area contributed by atoms with Crippen LogP contribution in [0.5, 0.6) is 11.5 Å². The summed E-state index contributed by atoms with van der Waals surface area (Å²) in [6.07, 6.45) is 0. The number of benzene rings is 3. The molecule has 0 radical (unpaired) electrons. The van der Waals surface area contributed by atoms with Crippen LogP contribution in [0, 0.1) is 13.8 Å². The number of carbonyl (C=O) groups excluding carboxylic acids is 1. The first-order valence-electron chi connectivity index (χ1n) is 10.4. The number of aryl methyl sites for hydroxylation is 2. The Hall–Kier alpha value is -3.40. The van der Waals surface area contributed by atoms with Gasteiger partial charge in [0, 0.05) is 27.5 Å². The number of carbonyl (C=O) groups is 1. The van der Waals surface area contributed by atoms with Crippen LogP contribution in [0.25, 0.3) is 5.57 Å². The number of esters is 1. The summed E-state index contributed by atoms with van der Waals surface area (Å²) in [4.78, 5) is 12.7. The Bertz CT molecular complexity index is 1350. The van der Waals surface area contributed by atoms with Gasteiger partial charge in [-0.1, -0.05) is 18.2 Å². The Morgan fingerprint density at radius 1 is 0.967 bits per heavy atom. The fourth-order valence-corrected chi connectivity index (χ4v) is 4.61. The summed E-state index contributed by atoms with van der Waals surface area (Å²) < 4.78 is 14.0. The molecule has 0 fully saturated rings. The molecule has 0 N–H and O–H groups in total. The SMILES string of the molecule is CCOC(=O)c1ccccc1C1=c2cc(C)c3cc2Oc2cc(c(C)cc21)[N+]=3CC. The number of hydrogen-bond acceptors (Lipinski definition) is 3. The zero-order valence-electron chi connectivity index (χ0n) is 17.7. The summed E-state index contributed by atoms with van der Waals surface area (Å²) in [5.41, 5.74) is 6.97. The normalized spacial score (nSPS) is 13.2. The zero-order valence-corrected chi connectivity index (χ0v) is 17.7. The number of ether oxygens (including phenoxy) is 2. The van der Waals surface area contributed by atoms with Crippen molar-refractivity contribution < 1.29 is 14.3 Å². The van der Waals surface area contributed by atoms with E-state index >= 15 is 0 Å². The molecule has 0 saturated heterocycles. The van der Waals surface area contributed by atoms with Crippen LogP contribution in [0.4, 0.5) is 5.69 Å². The monoisotopic (exact) mass is 398 g/mol. The maximum Gasteiger partial charge on any atom is 0.338 e. The highest BCUT2D eigenvalue weighted by molar-refractivity contribution is 5.99. The van der Waals surface area contributed by atoms with E-state index in [9.17, 15) is 4.79 Å². The van der Waals surface area contributed by atoms with Crippen LogP contribution in [0.15, 0.2) is 48.5 Å². The van der Waals surface area contributed by atoms with Crippen LogP contribution < -0.4 is 19.9 Å². The lowest BCUT2D eigenvalue weighted by Gasteiger charge is -2.25. The summed E-state index contributed by atoms with van der Waals surface area (Å²) in [7, 11) is 0. The molecule has 0 aliphatic carbocycles. The minimum Gasteiger partial charge on any atom is -0.462 e. The van der Waals surface area contributed by atoms with Crippen LogP contribution in [0.2, 0.25) is 0 Å².